The average Bonchev–Trinajstić information content (AvgIpc) is 2.42. The van der Waals surface area contributed by atoms with Gasteiger partial charge in [-0.1, -0.05) is 19.1 Å². The van der Waals surface area contributed by atoms with E-state index in [1.54, 1.807) is 14.2 Å². The predicted octanol–water partition coefficient (Wildman–Crippen LogP) is 3.11. The second-order valence-corrected chi connectivity index (χ2v) is 4.07. The molecule has 0 bridgehead atoms. The Labute approximate surface area is 110 Å². The maximum atomic E-state index is 5.40. The quantitative estimate of drug-likeness (QED) is 0.753. The van der Waals surface area contributed by atoms with Crippen molar-refractivity contribution >= 4 is 5.57 Å². The molecular formula is C15H23NO2. The third-order valence-electron chi connectivity index (χ3n) is 2.84. The monoisotopic (exact) mass is 249 g/mol. The molecule has 0 aromatic heterocycles. The van der Waals surface area contributed by atoms with Gasteiger partial charge in [0.1, 0.15) is 11.5 Å². The number of methoxy groups -OCH3 is 2. The van der Waals surface area contributed by atoms with E-state index in [0.29, 0.717) is 0 Å². The summed E-state index contributed by atoms with van der Waals surface area (Å²) in [6, 6.07) is 5.85. The molecule has 0 radical (unpaired) electrons. The van der Waals surface area contributed by atoms with Crippen LogP contribution >= 0.6 is 0 Å². The largest absolute Gasteiger partial charge is 0.496 e. The average molecular weight is 249 g/mol. The summed E-state index contributed by atoms with van der Waals surface area (Å²) in [6.45, 7) is 6.20. The topological polar surface area (TPSA) is 30.5 Å². The van der Waals surface area contributed by atoms with E-state index in [9.17, 15) is 0 Å². The SMILES string of the molecule is CCNCC/C=C(/C)c1c(OC)cccc1OC. The number of ether oxygens (including phenoxy) is 2. The Balaban J connectivity index is 2.92. The fourth-order valence-electron chi connectivity index (χ4n) is 1.91. The van der Waals surface area contributed by atoms with E-state index in [1.165, 1.54) is 5.57 Å². The van der Waals surface area contributed by atoms with Gasteiger partial charge in [0, 0.05) is 0 Å². The highest BCUT2D eigenvalue weighted by molar-refractivity contribution is 5.74. The molecule has 0 spiro atoms. The molecule has 0 unspecified atom stereocenters. The van der Waals surface area contributed by atoms with Crippen molar-refractivity contribution in [3.8, 4) is 11.5 Å². The minimum atomic E-state index is 0.853. The standard InChI is InChI=1S/C15H23NO2/c1-5-16-11-7-8-12(2)15-13(17-3)9-6-10-14(15)18-4/h6,8-10,16H,5,7,11H2,1-4H3/b12-8-. The number of hydrogen-bond acceptors (Lipinski definition) is 3. The Kier molecular flexibility index (Phi) is 6.29. The molecular weight excluding hydrogens is 226 g/mol. The van der Waals surface area contributed by atoms with Gasteiger partial charge >= 0.3 is 0 Å². The molecule has 0 atom stereocenters. The molecule has 1 N–H and O–H groups in total. The zero-order valence-electron chi connectivity index (χ0n) is 11.7. The second kappa shape index (κ2) is 7.77. The van der Waals surface area contributed by atoms with Crippen LogP contribution in [0.4, 0.5) is 0 Å². The lowest BCUT2D eigenvalue weighted by atomic mass is 10.0. The molecule has 1 rings (SSSR count). The summed E-state index contributed by atoms with van der Waals surface area (Å²) in [7, 11) is 3.37. The van der Waals surface area contributed by atoms with Crippen molar-refractivity contribution in [2.24, 2.45) is 0 Å². The van der Waals surface area contributed by atoms with Crippen LogP contribution in [-0.2, 0) is 0 Å². The third-order valence-corrected chi connectivity index (χ3v) is 2.84. The van der Waals surface area contributed by atoms with Gasteiger partial charge in [-0.25, -0.2) is 0 Å². The summed E-state index contributed by atoms with van der Waals surface area (Å²) >= 11 is 0. The summed E-state index contributed by atoms with van der Waals surface area (Å²) in [5.41, 5.74) is 2.22. The van der Waals surface area contributed by atoms with Gasteiger partial charge in [0.15, 0.2) is 0 Å². The van der Waals surface area contributed by atoms with E-state index in [0.717, 1.165) is 36.6 Å². The fourth-order valence-corrected chi connectivity index (χ4v) is 1.91. The summed E-state index contributed by atoms with van der Waals surface area (Å²) in [5.74, 6) is 1.71. The third kappa shape index (κ3) is 3.77. The van der Waals surface area contributed by atoms with Crippen molar-refractivity contribution in [3.05, 3.63) is 29.8 Å². The van der Waals surface area contributed by atoms with Crippen molar-refractivity contribution in [2.45, 2.75) is 20.3 Å². The molecule has 3 heteroatoms. The summed E-state index contributed by atoms with van der Waals surface area (Å²) in [5, 5.41) is 3.31. The molecule has 0 fully saturated rings. The van der Waals surface area contributed by atoms with E-state index < -0.39 is 0 Å². The first kappa shape index (κ1) is 14.6. The lowest BCUT2D eigenvalue weighted by Crippen LogP contribution is -2.13. The normalized spacial score (nSPS) is 11.4. The Morgan fingerprint density at radius 1 is 1.22 bits per heavy atom. The van der Waals surface area contributed by atoms with E-state index in [2.05, 4.69) is 25.2 Å². The van der Waals surface area contributed by atoms with E-state index in [-0.39, 0.29) is 0 Å². The van der Waals surface area contributed by atoms with Crippen LogP contribution in [0.25, 0.3) is 5.57 Å². The van der Waals surface area contributed by atoms with Gasteiger partial charge in [-0.05, 0) is 44.1 Å². The molecule has 0 amide bonds. The van der Waals surface area contributed by atoms with Gasteiger partial charge in [-0.2, -0.15) is 0 Å². The van der Waals surface area contributed by atoms with Gasteiger partial charge < -0.3 is 14.8 Å². The lowest BCUT2D eigenvalue weighted by Gasteiger charge is -2.13. The minimum Gasteiger partial charge on any atom is -0.496 e. The molecule has 0 saturated heterocycles. The van der Waals surface area contributed by atoms with Crippen LogP contribution in [0.1, 0.15) is 25.8 Å². The van der Waals surface area contributed by atoms with Crippen molar-refractivity contribution in [1.82, 2.24) is 5.32 Å². The zero-order valence-corrected chi connectivity index (χ0v) is 11.7. The molecule has 18 heavy (non-hydrogen) atoms. The van der Waals surface area contributed by atoms with Crippen molar-refractivity contribution < 1.29 is 9.47 Å². The van der Waals surface area contributed by atoms with E-state index >= 15 is 0 Å². The molecule has 0 aliphatic carbocycles. The van der Waals surface area contributed by atoms with Crippen LogP contribution in [0.2, 0.25) is 0 Å². The number of allylic oxidation sites excluding steroid dienone is 1. The Morgan fingerprint density at radius 3 is 2.33 bits per heavy atom. The van der Waals surface area contributed by atoms with Crippen LogP contribution in [-0.4, -0.2) is 27.3 Å². The highest BCUT2D eigenvalue weighted by atomic mass is 16.5. The summed E-state index contributed by atoms with van der Waals surface area (Å²) < 4.78 is 10.8. The van der Waals surface area contributed by atoms with Gasteiger partial charge in [0.05, 0.1) is 19.8 Å². The van der Waals surface area contributed by atoms with Crippen LogP contribution in [0, 0.1) is 0 Å². The summed E-state index contributed by atoms with van der Waals surface area (Å²) in [6.07, 6.45) is 3.21. The molecule has 0 saturated carbocycles. The first-order valence-electron chi connectivity index (χ1n) is 6.33. The molecule has 0 aliphatic rings. The lowest BCUT2D eigenvalue weighted by molar-refractivity contribution is 0.392. The number of benzene rings is 1. The smallest absolute Gasteiger partial charge is 0.130 e. The molecule has 3 nitrogen and oxygen atoms in total. The Bertz CT molecular complexity index is 377. The van der Waals surface area contributed by atoms with E-state index in [4.69, 9.17) is 9.47 Å². The van der Waals surface area contributed by atoms with Gasteiger partial charge in [-0.15, -0.1) is 0 Å². The number of hydrogen-bond donors (Lipinski definition) is 1. The molecule has 0 aliphatic heterocycles. The molecule has 1 aromatic rings. The minimum absolute atomic E-state index is 0.853. The zero-order chi connectivity index (χ0) is 13.4. The van der Waals surface area contributed by atoms with Gasteiger partial charge in [-0.3, -0.25) is 0 Å². The predicted molar refractivity (Wildman–Crippen MR) is 76.4 cm³/mol. The maximum Gasteiger partial charge on any atom is 0.130 e. The molecule has 1 aromatic carbocycles. The Hall–Kier alpha value is -1.48. The Morgan fingerprint density at radius 2 is 1.83 bits per heavy atom. The van der Waals surface area contributed by atoms with Crippen LogP contribution < -0.4 is 14.8 Å². The second-order valence-electron chi connectivity index (χ2n) is 4.07. The number of rotatable bonds is 7. The highest BCUT2D eigenvalue weighted by Crippen LogP contribution is 2.34. The molecule has 100 valence electrons. The maximum absolute atomic E-state index is 5.40. The molecule has 0 heterocycles. The summed E-state index contributed by atoms with van der Waals surface area (Å²) in [4.78, 5) is 0. The highest BCUT2D eigenvalue weighted by Gasteiger charge is 2.10. The van der Waals surface area contributed by atoms with E-state index in [1.807, 2.05) is 18.2 Å². The van der Waals surface area contributed by atoms with Crippen molar-refractivity contribution in [1.29, 1.82) is 0 Å². The van der Waals surface area contributed by atoms with Crippen LogP contribution in [0.15, 0.2) is 24.3 Å². The fraction of sp³-hybridized carbons (Fsp3) is 0.467. The first-order valence-corrected chi connectivity index (χ1v) is 6.33. The first-order chi connectivity index (χ1) is 8.74. The van der Waals surface area contributed by atoms with Crippen molar-refractivity contribution in [3.63, 3.8) is 0 Å². The van der Waals surface area contributed by atoms with Gasteiger partial charge in [0.25, 0.3) is 0 Å². The number of nitrogens with one attached hydrogen (secondary N) is 1. The van der Waals surface area contributed by atoms with Crippen LogP contribution in [0.5, 0.6) is 11.5 Å². The van der Waals surface area contributed by atoms with Crippen LogP contribution in [0.3, 0.4) is 0 Å². The van der Waals surface area contributed by atoms with Gasteiger partial charge in [0.2, 0.25) is 0 Å². The van der Waals surface area contributed by atoms with Crippen molar-refractivity contribution in [2.75, 3.05) is 27.3 Å².